The Bertz CT molecular complexity index is 882. The summed E-state index contributed by atoms with van der Waals surface area (Å²) in [4.78, 5) is 23.8. The van der Waals surface area contributed by atoms with Crippen LogP contribution in [0.3, 0.4) is 0 Å². The number of amides is 1. The van der Waals surface area contributed by atoms with Crippen LogP contribution >= 0.6 is 11.3 Å². The molecule has 3 aromatic rings. The molecule has 6 nitrogen and oxygen atoms in total. The molecule has 0 bridgehead atoms. The van der Waals surface area contributed by atoms with Gasteiger partial charge in [-0.15, -0.1) is 11.3 Å². The van der Waals surface area contributed by atoms with Crippen molar-refractivity contribution in [3.05, 3.63) is 92.7 Å². The first-order valence-electron chi connectivity index (χ1n) is 8.09. The van der Waals surface area contributed by atoms with Gasteiger partial charge in [0, 0.05) is 23.4 Å². The van der Waals surface area contributed by atoms with Crippen LogP contribution < -0.4 is 10.6 Å². The summed E-state index contributed by atoms with van der Waals surface area (Å²) in [6.07, 6.45) is 0. The number of carbonyl (C=O) groups is 1. The van der Waals surface area contributed by atoms with Crippen molar-refractivity contribution in [3.8, 4) is 0 Å². The summed E-state index contributed by atoms with van der Waals surface area (Å²) in [7, 11) is 0. The molecule has 0 aliphatic carbocycles. The van der Waals surface area contributed by atoms with E-state index in [2.05, 4.69) is 11.4 Å². The molecule has 1 atom stereocenters. The number of anilines is 1. The molecule has 1 aromatic heterocycles. The van der Waals surface area contributed by atoms with E-state index >= 15 is 0 Å². The minimum atomic E-state index is -0.482. The number of carbonyl (C=O) groups excluding carboxylic acids is 1. The number of nitro benzene ring substituents is 1. The molecule has 0 spiro atoms. The first-order chi connectivity index (χ1) is 12.6. The van der Waals surface area contributed by atoms with Gasteiger partial charge in [-0.05, 0) is 17.5 Å². The van der Waals surface area contributed by atoms with Crippen LogP contribution in [0.15, 0.2) is 72.1 Å². The summed E-state index contributed by atoms with van der Waals surface area (Å²) in [5.41, 5.74) is 1.50. The van der Waals surface area contributed by atoms with Gasteiger partial charge in [-0.1, -0.05) is 42.5 Å². The number of thiophene rings is 1. The Hall–Kier alpha value is -3.03. The van der Waals surface area contributed by atoms with E-state index in [1.54, 1.807) is 23.5 Å². The number of nitrogens with two attached hydrogens (primary N) is 1. The zero-order valence-corrected chi connectivity index (χ0v) is 14.7. The van der Waals surface area contributed by atoms with Crippen LogP contribution in [-0.4, -0.2) is 17.4 Å². The number of quaternary nitrogens is 1. The number of nitrogens with zero attached hydrogens (tertiary/aromatic N) is 1. The van der Waals surface area contributed by atoms with Gasteiger partial charge in [0.05, 0.1) is 9.80 Å². The van der Waals surface area contributed by atoms with Crippen molar-refractivity contribution < 1.29 is 15.0 Å². The Morgan fingerprint density at radius 3 is 2.62 bits per heavy atom. The zero-order chi connectivity index (χ0) is 18.4. The molecule has 132 valence electrons. The third-order valence-corrected chi connectivity index (χ3v) is 4.84. The highest BCUT2D eigenvalue weighted by Crippen LogP contribution is 2.22. The number of non-ortho nitro benzene ring substituents is 1. The highest BCUT2D eigenvalue weighted by molar-refractivity contribution is 7.10. The van der Waals surface area contributed by atoms with Gasteiger partial charge in [0.1, 0.15) is 6.04 Å². The molecule has 0 aliphatic rings. The van der Waals surface area contributed by atoms with E-state index in [4.69, 9.17) is 0 Å². The SMILES string of the molecule is O=C(C[NH2+][C@@H](c1ccccc1)c1cccs1)Nc1cccc([N+](=O)[O-])c1. The van der Waals surface area contributed by atoms with Gasteiger partial charge in [-0.3, -0.25) is 14.9 Å². The zero-order valence-electron chi connectivity index (χ0n) is 13.9. The molecule has 3 N–H and O–H groups in total. The van der Waals surface area contributed by atoms with Crippen molar-refractivity contribution in [2.45, 2.75) is 6.04 Å². The molecule has 1 amide bonds. The van der Waals surface area contributed by atoms with Gasteiger partial charge in [0.25, 0.3) is 11.6 Å². The van der Waals surface area contributed by atoms with Gasteiger partial charge < -0.3 is 10.6 Å². The maximum atomic E-state index is 12.3. The van der Waals surface area contributed by atoms with E-state index < -0.39 is 4.92 Å². The second-order valence-electron chi connectivity index (χ2n) is 5.70. The van der Waals surface area contributed by atoms with Crippen molar-refractivity contribution in [1.82, 2.24) is 0 Å². The fourth-order valence-corrected chi connectivity index (χ4v) is 3.53. The molecule has 2 aromatic carbocycles. The molecule has 0 radical (unpaired) electrons. The molecule has 0 saturated heterocycles. The minimum absolute atomic E-state index is 0.0343. The molecular weight excluding hydrogens is 350 g/mol. The summed E-state index contributed by atoms with van der Waals surface area (Å²) in [5, 5.41) is 17.5. The summed E-state index contributed by atoms with van der Waals surface area (Å²) >= 11 is 1.65. The lowest BCUT2D eigenvalue weighted by Gasteiger charge is -2.14. The number of nitrogens with one attached hydrogen (secondary N) is 1. The average molecular weight is 368 g/mol. The lowest BCUT2D eigenvalue weighted by atomic mass is 10.1. The first kappa shape index (κ1) is 17.8. The van der Waals surface area contributed by atoms with Gasteiger partial charge in [-0.2, -0.15) is 0 Å². The third kappa shape index (κ3) is 4.53. The standard InChI is InChI=1S/C19H17N3O3S/c23-18(21-15-8-4-9-16(12-15)22(24)25)13-20-19(17-10-5-11-26-17)14-6-2-1-3-7-14/h1-12,19-20H,13H2,(H,21,23)/p+1/t19-/m0/s1. The quantitative estimate of drug-likeness (QED) is 0.496. The van der Waals surface area contributed by atoms with E-state index in [1.807, 2.05) is 47.1 Å². The van der Waals surface area contributed by atoms with Crippen LogP contribution in [0.5, 0.6) is 0 Å². The highest BCUT2D eigenvalue weighted by Gasteiger charge is 2.20. The Morgan fingerprint density at radius 1 is 1.12 bits per heavy atom. The fourth-order valence-electron chi connectivity index (χ4n) is 2.68. The molecule has 3 rings (SSSR count). The lowest BCUT2D eigenvalue weighted by molar-refractivity contribution is -0.675. The summed E-state index contributed by atoms with van der Waals surface area (Å²) in [6.45, 7) is 0.208. The topological polar surface area (TPSA) is 88.8 Å². The predicted molar refractivity (Wildman–Crippen MR) is 101 cm³/mol. The lowest BCUT2D eigenvalue weighted by Crippen LogP contribution is -2.87. The summed E-state index contributed by atoms with van der Waals surface area (Å²) in [5.74, 6) is -0.206. The normalized spacial score (nSPS) is 11.7. The molecular formula is C19H18N3O3S+. The highest BCUT2D eigenvalue weighted by atomic mass is 32.1. The number of benzene rings is 2. The Morgan fingerprint density at radius 2 is 1.92 bits per heavy atom. The largest absolute Gasteiger partial charge is 0.328 e. The van der Waals surface area contributed by atoms with E-state index in [9.17, 15) is 14.9 Å². The maximum absolute atomic E-state index is 12.3. The summed E-state index contributed by atoms with van der Waals surface area (Å²) in [6, 6.07) is 20.0. The van der Waals surface area contributed by atoms with Crippen molar-refractivity contribution in [1.29, 1.82) is 0 Å². The molecule has 0 saturated carbocycles. The number of hydrogen-bond acceptors (Lipinski definition) is 4. The molecule has 1 heterocycles. The Kier molecular flexibility index (Phi) is 5.73. The van der Waals surface area contributed by atoms with E-state index in [-0.39, 0.29) is 24.2 Å². The van der Waals surface area contributed by atoms with Crippen LogP contribution in [0.4, 0.5) is 11.4 Å². The van der Waals surface area contributed by atoms with Crippen LogP contribution in [-0.2, 0) is 4.79 Å². The van der Waals surface area contributed by atoms with E-state index in [1.165, 1.54) is 17.0 Å². The molecule has 0 unspecified atom stereocenters. The first-order valence-corrected chi connectivity index (χ1v) is 8.97. The van der Waals surface area contributed by atoms with Crippen LogP contribution in [0.25, 0.3) is 0 Å². The number of rotatable bonds is 7. The molecule has 7 heteroatoms. The van der Waals surface area contributed by atoms with Crippen molar-refractivity contribution in [2.75, 3.05) is 11.9 Å². The predicted octanol–water partition coefficient (Wildman–Crippen LogP) is 2.95. The van der Waals surface area contributed by atoms with Crippen molar-refractivity contribution in [2.24, 2.45) is 0 Å². The van der Waals surface area contributed by atoms with Gasteiger partial charge in [0.2, 0.25) is 0 Å². The van der Waals surface area contributed by atoms with Crippen LogP contribution in [0.1, 0.15) is 16.5 Å². The second-order valence-corrected chi connectivity index (χ2v) is 6.68. The van der Waals surface area contributed by atoms with Crippen LogP contribution in [0, 0.1) is 10.1 Å². The molecule has 26 heavy (non-hydrogen) atoms. The Labute approximate surface area is 154 Å². The van der Waals surface area contributed by atoms with Gasteiger partial charge in [-0.25, -0.2) is 0 Å². The van der Waals surface area contributed by atoms with Crippen molar-refractivity contribution in [3.63, 3.8) is 0 Å². The molecule has 0 aliphatic heterocycles. The monoisotopic (exact) mass is 368 g/mol. The van der Waals surface area contributed by atoms with E-state index in [0.29, 0.717) is 5.69 Å². The van der Waals surface area contributed by atoms with E-state index in [0.717, 1.165) is 5.56 Å². The van der Waals surface area contributed by atoms with Gasteiger partial charge >= 0.3 is 0 Å². The van der Waals surface area contributed by atoms with Crippen LogP contribution in [0.2, 0.25) is 0 Å². The minimum Gasteiger partial charge on any atom is -0.328 e. The number of nitro groups is 1. The van der Waals surface area contributed by atoms with Gasteiger partial charge in [0.15, 0.2) is 6.54 Å². The van der Waals surface area contributed by atoms with Crippen molar-refractivity contribution >= 4 is 28.6 Å². The Balaban J connectivity index is 1.67. The third-order valence-electron chi connectivity index (χ3n) is 3.89. The average Bonchev–Trinajstić information content (AvgIpc) is 3.17. The fraction of sp³-hybridized carbons (Fsp3) is 0.105. The second kappa shape index (κ2) is 8.37. The number of hydrogen-bond donors (Lipinski definition) is 2. The maximum Gasteiger partial charge on any atom is 0.279 e. The smallest absolute Gasteiger partial charge is 0.279 e. The molecule has 0 fully saturated rings. The summed E-state index contributed by atoms with van der Waals surface area (Å²) < 4.78 is 0.